The van der Waals surface area contributed by atoms with E-state index in [-0.39, 0.29) is 38.8 Å². The Morgan fingerprint density at radius 2 is 1.19 bits per heavy atom. The van der Waals surface area contributed by atoms with Gasteiger partial charge in [-0.3, -0.25) is 4.79 Å². The zero-order valence-corrected chi connectivity index (χ0v) is 28.2. The number of aliphatic hydroxyl groups is 10. The molecular weight excluding hydrogens is 724 g/mol. The summed E-state index contributed by atoms with van der Waals surface area (Å²) in [7, 11) is 0. The summed E-state index contributed by atoms with van der Waals surface area (Å²) in [6.45, 7) is -2.60. The number of hydrogen-bond acceptors (Lipinski definition) is 21. The third-order valence-corrected chi connectivity index (χ3v) is 8.79. The number of hydrogen-bond donors (Lipinski definition) is 13. The lowest BCUT2D eigenvalue weighted by Crippen LogP contribution is -2.65. The molecule has 0 saturated carbocycles. The van der Waals surface area contributed by atoms with E-state index in [4.69, 9.17) is 33.3 Å². The predicted molar refractivity (Wildman–Crippen MR) is 166 cm³/mol. The first-order valence-electron chi connectivity index (χ1n) is 16.8. The van der Waals surface area contributed by atoms with Crippen LogP contribution in [0.4, 0.5) is 0 Å². The molecule has 3 fully saturated rings. The van der Waals surface area contributed by atoms with Crippen molar-refractivity contribution in [3.63, 3.8) is 0 Å². The second-order valence-electron chi connectivity index (χ2n) is 12.6. The zero-order chi connectivity index (χ0) is 39.0. The molecule has 15 atom stereocenters. The lowest BCUT2D eigenvalue weighted by atomic mass is 9.96. The summed E-state index contributed by atoms with van der Waals surface area (Å²) in [5.41, 5.74) is 0. The molecule has 0 aromatic carbocycles. The number of aliphatic hydroxyl groups excluding tert-OH is 10. The number of aromatic hydroxyl groups is 2. The van der Waals surface area contributed by atoms with Gasteiger partial charge < -0.3 is 99.9 Å². The highest BCUT2D eigenvalue weighted by atomic mass is 16.8. The summed E-state index contributed by atoms with van der Waals surface area (Å²) in [4.78, 5) is 29.1. The fraction of sp³-hybridized carbons (Fsp3) is 0.800. The van der Waals surface area contributed by atoms with E-state index in [1.165, 1.54) is 0 Å². The number of rotatable bonds is 17. The van der Waals surface area contributed by atoms with Crippen LogP contribution in [0.2, 0.25) is 0 Å². The van der Waals surface area contributed by atoms with Gasteiger partial charge in [-0.1, -0.05) is 0 Å². The van der Waals surface area contributed by atoms with Gasteiger partial charge in [0.05, 0.1) is 26.4 Å². The van der Waals surface area contributed by atoms with Crippen molar-refractivity contribution >= 4 is 11.9 Å². The average molecular weight is 773 g/mol. The van der Waals surface area contributed by atoms with Gasteiger partial charge in [0, 0.05) is 31.5 Å². The summed E-state index contributed by atoms with van der Waals surface area (Å²) < 4.78 is 33.6. The van der Waals surface area contributed by atoms with Crippen LogP contribution in [0.15, 0.2) is 12.1 Å². The maximum absolute atomic E-state index is 12.3. The van der Waals surface area contributed by atoms with Gasteiger partial charge >= 0.3 is 5.97 Å². The number of nitrogens with one attached hydrogen (secondary N) is 1. The Morgan fingerprint density at radius 3 is 1.79 bits per heavy atom. The van der Waals surface area contributed by atoms with Gasteiger partial charge in [0.2, 0.25) is 17.7 Å². The van der Waals surface area contributed by atoms with Crippen molar-refractivity contribution in [1.82, 2.24) is 10.0 Å². The minimum Gasteiger partial charge on any atom is -0.492 e. The molecule has 1 aromatic heterocycles. The molecule has 1 amide bonds. The molecule has 4 heterocycles. The van der Waals surface area contributed by atoms with Crippen molar-refractivity contribution in [2.24, 2.45) is 0 Å². The first kappa shape index (κ1) is 42.9. The number of ether oxygens (including phenoxy) is 6. The summed E-state index contributed by atoms with van der Waals surface area (Å²) in [5, 5.41) is 124. The third kappa shape index (κ3) is 10.7. The van der Waals surface area contributed by atoms with E-state index in [1.807, 2.05) is 0 Å². The number of carbonyl (C=O) groups is 2. The van der Waals surface area contributed by atoms with Gasteiger partial charge in [-0.05, 0) is 12.8 Å². The first-order chi connectivity index (χ1) is 25.2. The SMILES string of the molecule is O=C(CCCCC(=O)On1c(O)ccc1O)NCCO[C@H]1O[C@H](CO[C@H]2O[C@H](CO)[C@@H](O)[C@H](O)[C@@H]2O)[C@@H](O)[C@H](O[C@H]2O[C@H](CO)[C@@H](O)[C@H](O)[C@@H]2O)[C@@H]1O. The van der Waals surface area contributed by atoms with E-state index in [1.54, 1.807) is 0 Å². The van der Waals surface area contributed by atoms with Crippen molar-refractivity contribution in [1.29, 1.82) is 0 Å². The molecule has 0 unspecified atom stereocenters. The topological polar surface area (TPSA) is 358 Å². The Bertz CT molecular complexity index is 1280. The highest BCUT2D eigenvalue weighted by molar-refractivity contribution is 5.76. The van der Waals surface area contributed by atoms with Crippen molar-refractivity contribution in [2.75, 3.05) is 33.0 Å². The predicted octanol–water partition coefficient (Wildman–Crippen LogP) is -7.00. The molecule has 0 aliphatic carbocycles. The largest absolute Gasteiger partial charge is 0.492 e. The average Bonchev–Trinajstić information content (AvgIpc) is 3.45. The Kier molecular flexibility index (Phi) is 15.9. The Labute approximate surface area is 300 Å². The van der Waals surface area contributed by atoms with Gasteiger partial charge in [-0.25, -0.2) is 4.79 Å². The third-order valence-electron chi connectivity index (χ3n) is 8.79. The van der Waals surface area contributed by atoms with Crippen molar-refractivity contribution in [2.45, 2.75) is 118 Å². The van der Waals surface area contributed by atoms with Gasteiger partial charge in [0.15, 0.2) is 18.9 Å². The second kappa shape index (κ2) is 19.7. The molecule has 3 aliphatic heterocycles. The van der Waals surface area contributed by atoms with Crippen LogP contribution in [0.25, 0.3) is 0 Å². The fourth-order valence-electron chi connectivity index (χ4n) is 5.72. The summed E-state index contributed by atoms with van der Waals surface area (Å²) >= 11 is 0. The van der Waals surface area contributed by atoms with Crippen LogP contribution in [0.3, 0.4) is 0 Å². The highest BCUT2D eigenvalue weighted by Gasteiger charge is 2.52. The summed E-state index contributed by atoms with van der Waals surface area (Å²) in [6.07, 6.45) is -25.0. The van der Waals surface area contributed by atoms with Crippen LogP contribution >= 0.6 is 0 Å². The van der Waals surface area contributed by atoms with E-state index >= 15 is 0 Å². The molecule has 0 bridgehead atoms. The number of nitrogens with zero attached hydrogens (tertiary/aromatic N) is 1. The van der Waals surface area contributed by atoms with E-state index in [9.17, 15) is 70.9 Å². The smallest absolute Gasteiger partial charge is 0.333 e. The van der Waals surface area contributed by atoms with Gasteiger partial charge in [-0.2, -0.15) is 0 Å². The summed E-state index contributed by atoms with van der Waals surface area (Å²) in [5.74, 6) is -2.15. The minimum absolute atomic E-state index is 0.00553. The number of aromatic nitrogens is 1. The molecular formula is C30H48N2O21. The zero-order valence-electron chi connectivity index (χ0n) is 28.2. The van der Waals surface area contributed by atoms with Crippen LogP contribution in [-0.2, 0) is 38.0 Å². The van der Waals surface area contributed by atoms with Crippen LogP contribution in [0.5, 0.6) is 11.8 Å². The maximum atomic E-state index is 12.3. The van der Waals surface area contributed by atoms with Crippen LogP contribution in [0, 0.1) is 0 Å². The van der Waals surface area contributed by atoms with Crippen LogP contribution < -0.4 is 10.2 Å². The number of carbonyl (C=O) groups excluding carboxylic acids is 2. The van der Waals surface area contributed by atoms with Gasteiger partial charge in [-0.15, -0.1) is 4.73 Å². The maximum Gasteiger partial charge on any atom is 0.333 e. The van der Waals surface area contributed by atoms with E-state index in [2.05, 4.69) is 5.32 Å². The molecule has 0 spiro atoms. The van der Waals surface area contributed by atoms with E-state index in [0.29, 0.717) is 4.73 Å². The molecule has 53 heavy (non-hydrogen) atoms. The highest BCUT2D eigenvalue weighted by Crippen LogP contribution is 2.31. The van der Waals surface area contributed by atoms with Gasteiger partial charge in [0.1, 0.15) is 73.2 Å². The van der Waals surface area contributed by atoms with Crippen molar-refractivity contribution in [3.8, 4) is 11.8 Å². The first-order valence-corrected chi connectivity index (χ1v) is 16.8. The van der Waals surface area contributed by atoms with E-state index < -0.39 is 136 Å². The van der Waals surface area contributed by atoms with E-state index in [0.717, 1.165) is 12.1 Å². The van der Waals surface area contributed by atoms with Crippen molar-refractivity contribution < 1.29 is 104 Å². The Hall–Kier alpha value is -2.82. The molecule has 23 heteroatoms. The monoisotopic (exact) mass is 772 g/mol. The quantitative estimate of drug-likeness (QED) is 0.0654. The molecule has 23 nitrogen and oxygen atoms in total. The molecule has 3 aliphatic rings. The second-order valence-corrected chi connectivity index (χ2v) is 12.6. The molecule has 304 valence electrons. The Morgan fingerprint density at radius 1 is 0.660 bits per heavy atom. The molecule has 0 radical (unpaired) electrons. The standard InChI is InChI=1S/C30H48N2O21/c33-9-12-19(39)22(42)24(44)28(49-12)48-11-14-21(41)27(52-30-25(45)23(43)20(40)13(10-34)50-30)26(46)29(51-14)47-8-7-31-15(35)3-1-2-4-18(38)53-32-16(36)5-6-17(32)37/h5-6,12-14,19-30,33-34,36-37,39-46H,1-4,7-11H2,(H,31,35)/t12-,13-,14-,19-,20-,21-,22+,23+,24+,25+,26+,27+,28+,29+,30-/m1/s1. The number of unbranched alkanes of at least 4 members (excludes halogenated alkanes) is 1. The fourth-order valence-corrected chi connectivity index (χ4v) is 5.72. The normalized spacial score (nSPS) is 37.7. The lowest BCUT2D eigenvalue weighted by molar-refractivity contribution is -0.366. The van der Waals surface area contributed by atoms with Crippen molar-refractivity contribution in [3.05, 3.63) is 12.1 Å². The molecule has 3 saturated heterocycles. The molecule has 4 rings (SSSR count). The minimum atomic E-state index is -1.92. The van der Waals surface area contributed by atoms with Gasteiger partial charge in [0.25, 0.3) is 0 Å². The summed E-state index contributed by atoms with van der Waals surface area (Å²) in [6, 6.07) is 2.25. The number of amides is 1. The Balaban J connectivity index is 1.31. The molecule has 1 aromatic rings. The van der Waals surface area contributed by atoms with Crippen LogP contribution in [-0.4, -0.2) is 203 Å². The lowest BCUT2D eigenvalue weighted by Gasteiger charge is -2.46. The molecule has 13 N–H and O–H groups in total. The van der Waals surface area contributed by atoms with Crippen LogP contribution in [0.1, 0.15) is 25.7 Å².